The number of rotatable bonds is 1. The molecule has 1 atom stereocenters. The molecule has 2 aromatic rings. The molecular weight excluding hydrogens is 272 g/mol. The molecule has 6 heteroatoms. The van der Waals surface area contributed by atoms with E-state index in [9.17, 15) is 5.11 Å². The van der Waals surface area contributed by atoms with E-state index in [0.717, 1.165) is 26.9 Å². The molecule has 1 aliphatic rings. The Kier molecular flexibility index (Phi) is 3.39. The lowest BCUT2D eigenvalue weighted by molar-refractivity contribution is 0.0597. The van der Waals surface area contributed by atoms with E-state index < -0.39 is 6.10 Å². The maximum atomic E-state index is 9.73. The molecule has 1 N–H and O–H groups in total. The molecule has 4 nitrogen and oxygen atoms in total. The average Bonchev–Trinajstić information content (AvgIpc) is 2.63. The van der Waals surface area contributed by atoms with E-state index >= 15 is 0 Å². The zero-order valence-corrected chi connectivity index (χ0v) is 11.2. The Bertz CT molecular complexity index is 560. The van der Waals surface area contributed by atoms with Crippen molar-refractivity contribution in [3.05, 3.63) is 23.2 Å². The normalized spacial score (nSPS) is 21.2. The van der Waals surface area contributed by atoms with Crippen molar-refractivity contribution in [1.82, 2.24) is 4.98 Å². The Balaban J connectivity index is 1.93. The maximum absolute atomic E-state index is 9.73. The minimum absolute atomic E-state index is 0.396. The van der Waals surface area contributed by atoms with Gasteiger partial charge in [0.05, 0.1) is 29.5 Å². The minimum atomic E-state index is -0.455. The second kappa shape index (κ2) is 5.01. The summed E-state index contributed by atoms with van der Waals surface area (Å²) in [6, 6.07) is 5.68. The van der Waals surface area contributed by atoms with Gasteiger partial charge in [-0.05, 0) is 18.2 Å². The van der Waals surface area contributed by atoms with Crippen molar-refractivity contribution in [3.63, 3.8) is 0 Å². The standard InChI is InChI=1S/C12H13ClN2O2S/c13-8-1-2-10-11(5-8)18-12(14-10)15-3-4-17-7-9(16)6-15/h1-2,5,9,16H,3-4,6-7H2. The van der Waals surface area contributed by atoms with E-state index in [1.54, 1.807) is 11.3 Å². The topological polar surface area (TPSA) is 45.6 Å². The van der Waals surface area contributed by atoms with Crippen LogP contribution in [0, 0.1) is 0 Å². The van der Waals surface area contributed by atoms with Crippen molar-refractivity contribution in [2.45, 2.75) is 6.10 Å². The van der Waals surface area contributed by atoms with Crippen LogP contribution < -0.4 is 4.90 Å². The van der Waals surface area contributed by atoms with E-state index in [2.05, 4.69) is 9.88 Å². The number of halogens is 1. The molecule has 0 bridgehead atoms. The van der Waals surface area contributed by atoms with Crippen LogP contribution >= 0.6 is 22.9 Å². The van der Waals surface area contributed by atoms with Gasteiger partial charge < -0.3 is 14.7 Å². The van der Waals surface area contributed by atoms with Crippen LogP contribution in [0.3, 0.4) is 0 Å². The number of benzene rings is 1. The van der Waals surface area contributed by atoms with E-state index in [1.165, 1.54) is 0 Å². The summed E-state index contributed by atoms with van der Waals surface area (Å²) >= 11 is 7.56. The number of thiazole rings is 1. The number of β-amino-alcohol motifs (C(OH)–C–C–N with tert-alkyl or cyclic N) is 1. The molecule has 0 aliphatic carbocycles. The number of nitrogens with zero attached hydrogens (tertiary/aromatic N) is 2. The first-order valence-electron chi connectivity index (χ1n) is 5.79. The molecule has 2 heterocycles. The number of aliphatic hydroxyl groups is 1. The summed E-state index contributed by atoms with van der Waals surface area (Å²) in [5.74, 6) is 0. The first-order valence-corrected chi connectivity index (χ1v) is 6.99. The van der Waals surface area contributed by atoms with Gasteiger partial charge >= 0.3 is 0 Å². The van der Waals surface area contributed by atoms with Gasteiger partial charge in [-0.2, -0.15) is 0 Å². The van der Waals surface area contributed by atoms with E-state index in [1.807, 2.05) is 18.2 Å². The Morgan fingerprint density at radius 3 is 3.28 bits per heavy atom. The van der Waals surface area contributed by atoms with Crippen LogP contribution in [0.5, 0.6) is 0 Å². The number of fused-ring (bicyclic) bond motifs is 1. The second-order valence-electron chi connectivity index (χ2n) is 4.28. The Hall–Kier alpha value is -0.880. The van der Waals surface area contributed by atoms with Gasteiger partial charge in [0, 0.05) is 18.1 Å². The molecule has 0 radical (unpaired) electrons. The predicted molar refractivity (Wildman–Crippen MR) is 73.7 cm³/mol. The molecule has 3 rings (SSSR count). The van der Waals surface area contributed by atoms with Gasteiger partial charge in [0.1, 0.15) is 0 Å². The third-order valence-electron chi connectivity index (χ3n) is 2.86. The lowest BCUT2D eigenvalue weighted by Crippen LogP contribution is -2.32. The van der Waals surface area contributed by atoms with Gasteiger partial charge in [-0.25, -0.2) is 4.98 Å². The lowest BCUT2D eigenvalue weighted by atomic mass is 10.3. The van der Waals surface area contributed by atoms with Gasteiger partial charge in [0.15, 0.2) is 5.13 Å². The van der Waals surface area contributed by atoms with Crippen molar-refractivity contribution >= 4 is 38.3 Å². The first kappa shape index (κ1) is 12.2. The van der Waals surface area contributed by atoms with Crippen LogP contribution in [0.2, 0.25) is 5.02 Å². The second-order valence-corrected chi connectivity index (χ2v) is 5.73. The van der Waals surface area contributed by atoms with Crippen molar-refractivity contribution in [3.8, 4) is 0 Å². The van der Waals surface area contributed by atoms with Gasteiger partial charge in [0.2, 0.25) is 0 Å². The lowest BCUT2D eigenvalue weighted by Gasteiger charge is -2.19. The van der Waals surface area contributed by atoms with Gasteiger partial charge in [0.25, 0.3) is 0 Å². The number of aliphatic hydroxyl groups excluding tert-OH is 1. The molecule has 96 valence electrons. The summed E-state index contributed by atoms with van der Waals surface area (Å²) in [5.41, 5.74) is 0.944. The summed E-state index contributed by atoms with van der Waals surface area (Å²) in [6.07, 6.45) is -0.455. The number of hydrogen-bond acceptors (Lipinski definition) is 5. The largest absolute Gasteiger partial charge is 0.389 e. The SMILES string of the molecule is OC1COCCN(c2nc3ccc(Cl)cc3s2)C1. The summed E-state index contributed by atoms with van der Waals surface area (Å²) in [5, 5.41) is 11.4. The fraction of sp³-hybridized carbons (Fsp3) is 0.417. The van der Waals surface area contributed by atoms with Gasteiger partial charge in [-0.3, -0.25) is 0 Å². The fourth-order valence-corrected chi connectivity index (χ4v) is 3.26. The molecule has 1 aromatic heterocycles. The van der Waals surface area contributed by atoms with Crippen LogP contribution in [0.15, 0.2) is 18.2 Å². The number of anilines is 1. The maximum Gasteiger partial charge on any atom is 0.186 e. The van der Waals surface area contributed by atoms with Crippen LogP contribution in [-0.2, 0) is 4.74 Å². The zero-order valence-electron chi connectivity index (χ0n) is 9.67. The monoisotopic (exact) mass is 284 g/mol. The molecule has 1 fully saturated rings. The summed E-state index contributed by atoms with van der Waals surface area (Å²) in [4.78, 5) is 6.64. The van der Waals surface area contributed by atoms with Crippen LogP contribution in [0.25, 0.3) is 10.2 Å². The van der Waals surface area contributed by atoms with E-state index in [4.69, 9.17) is 16.3 Å². The van der Waals surface area contributed by atoms with Crippen LogP contribution in [0.4, 0.5) is 5.13 Å². The quantitative estimate of drug-likeness (QED) is 0.872. The zero-order chi connectivity index (χ0) is 12.5. The molecule has 0 amide bonds. The predicted octanol–water partition coefficient (Wildman–Crippen LogP) is 2.15. The van der Waals surface area contributed by atoms with Crippen LogP contribution in [-0.4, -0.2) is 42.5 Å². The Morgan fingerprint density at radius 2 is 2.39 bits per heavy atom. The van der Waals surface area contributed by atoms with Crippen molar-refractivity contribution in [2.24, 2.45) is 0 Å². The smallest absolute Gasteiger partial charge is 0.186 e. The van der Waals surface area contributed by atoms with Crippen LogP contribution in [0.1, 0.15) is 0 Å². The summed E-state index contributed by atoms with van der Waals surface area (Å²) in [6.45, 7) is 2.33. The highest BCUT2D eigenvalue weighted by atomic mass is 35.5. The molecular formula is C12H13ClN2O2S. The van der Waals surface area contributed by atoms with E-state index in [0.29, 0.717) is 19.8 Å². The van der Waals surface area contributed by atoms with E-state index in [-0.39, 0.29) is 0 Å². The third-order valence-corrected chi connectivity index (χ3v) is 4.17. The minimum Gasteiger partial charge on any atom is -0.389 e. The molecule has 18 heavy (non-hydrogen) atoms. The highest BCUT2D eigenvalue weighted by molar-refractivity contribution is 7.22. The first-order chi connectivity index (χ1) is 8.72. The molecule has 1 unspecified atom stereocenters. The van der Waals surface area contributed by atoms with Crippen molar-refractivity contribution in [2.75, 3.05) is 31.2 Å². The molecule has 0 saturated carbocycles. The fourth-order valence-electron chi connectivity index (χ4n) is 1.99. The number of ether oxygens (including phenoxy) is 1. The highest BCUT2D eigenvalue weighted by Gasteiger charge is 2.19. The Labute approximate surface area is 114 Å². The van der Waals surface area contributed by atoms with Gasteiger partial charge in [-0.15, -0.1) is 0 Å². The summed E-state index contributed by atoms with van der Waals surface area (Å²) < 4.78 is 6.38. The number of aromatic nitrogens is 1. The molecule has 1 saturated heterocycles. The third kappa shape index (κ3) is 2.44. The molecule has 0 spiro atoms. The van der Waals surface area contributed by atoms with Gasteiger partial charge in [-0.1, -0.05) is 22.9 Å². The Morgan fingerprint density at radius 1 is 1.50 bits per heavy atom. The summed E-state index contributed by atoms with van der Waals surface area (Å²) in [7, 11) is 0. The van der Waals surface area contributed by atoms with Crippen molar-refractivity contribution in [1.29, 1.82) is 0 Å². The molecule has 1 aliphatic heterocycles. The molecule has 1 aromatic carbocycles. The van der Waals surface area contributed by atoms with Crippen molar-refractivity contribution < 1.29 is 9.84 Å². The average molecular weight is 285 g/mol. The highest BCUT2D eigenvalue weighted by Crippen LogP contribution is 2.31. The number of hydrogen-bond donors (Lipinski definition) is 1.